The van der Waals surface area contributed by atoms with Crippen LogP contribution in [0.15, 0.2) is 85.1 Å². The molecule has 1 nitrogen and oxygen atoms in total. The summed E-state index contributed by atoms with van der Waals surface area (Å²) in [6, 6.07) is 0.421. The number of hydrogen-bond acceptors (Lipinski definition) is 1. The minimum atomic E-state index is -0.472. The Hall–Kier alpha value is -2.30. The highest BCUT2D eigenvalue weighted by atomic mass is 15.0. The van der Waals surface area contributed by atoms with Crippen molar-refractivity contribution in [3.05, 3.63) is 85.1 Å². The van der Waals surface area contributed by atoms with Crippen molar-refractivity contribution in [3.63, 3.8) is 0 Å². The van der Waals surface area contributed by atoms with Crippen LogP contribution >= 0.6 is 0 Å². The van der Waals surface area contributed by atoms with Gasteiger partial charge in [-0.05, 0) is 56.1 Å². The molecule has 0 amide bonds. The second-order valence-corrected chi connectivity index (χ2v) is 7.62. The van der Waals surface area contributed by atoms with Crippen molar-refractivity contribution in [1.29, 1.82) is 0 Å². The van der Waals surface area contributed by atoms with Gasteiger partial charge in [0.05, 0.1) is 0 Å². The summed E-state index contributed by atoms with van der Waals surface area (Å²) in [4.78, 5) is 0. The Bertz CT molecular complexity index is 752. The number of nitrogens with one attached hydrogen (secondary N) is 1. The molecule has 1 heteroatoms. The number of allylic oxidation sites excluding steroid dienone is 10. The molecule has 3 aliphatic rings. The zero-order chi connectivity index (χ0) is 19.1. The monoisotopic (exact) mass is 357 g/mol. The average molecular weight is 358 g/mol. The van der Waals surface area contributed by atoms with Crippen LogP contribution in [0.1, 0.15) is 32.6 Å². The Labute approximate surface area is 165 Å². The first-order chi connectivity index (χ1) is 13.2. The third-order valence-corrected chi connectivity index (χ3v) is 5.96. The van der Waals surface area contributed by atoms with E-state index >= 15 is 0 Å². The summed E-state index contributed by atoms with van der Waals surface area (Å²) >= 11 is 0. The lowest BCUT2D eigenvalue weighted by molar-refractivity contribution is 0.142. The molecule has 0 saturated carbocycles. The van der Waals surface area contributed by atoms with Crippen LogP contribution in [0.4, 0.5) is 0 Å². The molecular weight excluding hydrogens is 326 g/mol. The molecule has 0 aromatic heterocycles. The maximum absolute atomic E-state index is 6.20. The largest absolute Gasteiger partial charge is 0.294 e. The van der Waals surface area contributed by atoms with Gasteiger partial charge in [0.15, 0.2) is 0 Å². The van der Waals surface area contributed by atoms with E-state index in [2.05, 4.69) is 72.5 Å². The maximum Gasteiger partial charge on any atom is 0.106 e. The minimum absolute atomic E-state index is 0.250. The second kappa shape index (κ2) is 9.07. The van der Waals surface area contributed by atoms with Crippen molar-refractivity contribution in [2.24, 2.45) is 17.8 Å². The number of rotatable bonds is 5. The minimum Gasteiger partial charge on any atom is -0.294 e. The van der Waals surface area contributed by atoms with Crippen LogP contribution in [-0.2, 0) is 0 Å². The molecule has 5 atom stereocenters. The van der Waals surface area contributed by atoms with E-state index < -0.39 is 5.54 Å². The SMILES string of the molecule is C#CC1(/C=C(\C=C)C/C=C\C=C\C)NC2CCC=CC2C2C=CCC=CC21. The van der Waals surface area contributed by atoms with Gasteiger partial charge in [0.2, 0.25) is 0 Å². The van der Waals surface area contributed by atoms with Gasteiger partial charge in [-0.3, -0.25) is 5.32 Å². The van der Waals surface area contributed by atoms with Gasteiger partial charge in [-0.2, -0.15) is 0 Å². The second-order valence-electron chi connectivity index (χ2n) is 7.62. The molecule has 1 heterocycles. The van der Waals surface area contributed by atoms with Crippen LogP contribution in [0.25, 0.3) is 0 Å². The van der Waals surface area contributed by atoms with Crippen LogP contribution in [0.2, 0.25) is 0 Å². The Morgan fingerprint density at radius 2 is 2.04 bits per heavy atom. The van der Waals surface area contributed by atoms with Crippen molar-refractivity contribution in [2.75, 3.05) is 0 Å². The van der Waals surface area contributed by atoms with Gasteiger partial charge in [-0.25, -0.2) is 0 Å². The molecule has 0 bridgehead atoms. The summed E-state index contributed by atoms with van der Waals surface area (Å²) in [6.07, 6.45) is 36.8. The summed E-state index contributed by atoms with van der Waals surface area (Å²) in [5, 5.41) is 3.88. The number of terminal acetylenes is 1. The quantitative estimate of drug-likeness (QED) is 0.379. The molecule has 0 aromatic rings. The van der Waals surface area contributed by atoms with Gasteiger partial charge in [-0.15, -0.1) is 6.42 Å². The number of hydrogen-bond donors (Lipinski definition) is 1. The molecule has 0 spiro atoms. The summed E-state index contributed by atoms with van der Waals surface area (Å²) in [7, 11) is 0. The topological polar surface area (TPSA) is 12.0 Å². The molecule has 1 saturated heterocycles. The fraction of sp³-hybridized carbons (Fsp3) is 0.385. The van der Waals surface area contributed by atoms with E-state index in [4.69, 9.17) is 6.42 Å². The molecule has 0 aromatic carbocycles. The van der Waals surface area contributed by atoms with E-state index in [9.17, 15) is 0 Å². The first-order valence-electron chi connectivity index (χ1n) is 10.1. The van der Waals surface area contributed by atoms with E-state index in [1.54, 1.807) is 0 Å². The predicted molar refractivity (Wildman–Crippen MR) is 117 cm³/mol. The van der Waals surface area contributed by atoms with Crippen molar-refractivity contribution >= 4 is 0 Å². The molecule has 1 aliphatic heterocycles. The van der Waals surface area contributed by atoms with Crippen molar-refractivity contribution in [1.82, 2.24) is 5.32 Å². The average Bonchev–Trinajstić information content (AvgIpc) is 2.97. The molecule has 1 N–H and O–H groups in total. The molecule has 0 radical (unpaired) electrons. The fourth-order valence-corrected chi connectivity index (χ4v) is 4.64. The number of piperidine rings is 1. The summed E-state index contributed by atoms with van der Waals surface area (Å²) < 4.78 is 0. The lowest BCUT2D eigenvalue weighted by atomic mass is 9.62. The molecule has 3 rings (SSSR count). The van der Waals surface area contributed by atoms with E-state index in [1.165, 1.54) is 5.57 Å². The first-order valence-corrected chi connectivity index (χ1v) is 10.1. The van der Waals surface area contributed by atoms with Gasteiger partial charge in [0.25, 0.3) is 0 Å². The predicted octanol–water partition coefficient (Wildman–Crippen LogP) is 5.68. The van der Waals surface area contributed by atoms with Crippen LogP contribution in [-0.4, -0.2) is 11.6 Å². The molecule has 140 valence electrons. The van der Waals surface area contributed by atoms with Gasteiger partial charge in [0.1, 0.15) is 5.54 Å². The molecular formula is C26H31N. The van der Waals surface area contributed by atoms with Crippen LogP contribution in [0, 0.1) is 30.1 Å². The molecule has 2 aliphatic carbocycles. The summed E-state index contributed by atoms with van der Waals surface area (Å²) in [5.41, 5.74) is 0.701. The van der Waals surface area contributed by atoms with Crippen LogP contribution < -0.4 is 5.32 Å². The lowest BCUT2D eigenvalue weighted by Crippen LogP contribution is -2.63. The number of fused-ring (bicyclic) bond motifs is 3. The van der Waals surface area contributed by atoms with Crippen molar-refractivity contribution in [3.8, 4) is 12.3 Å². The standard InChI is InChI=1S/C26H31N/c1-4-7-8-10-15-21(5-2)20-26(6-3)24-18-12-9-11-16-22(24)23-17-13-14-19-25(23)27-26/h3-5,7-8,10-13,16-18,20,22-25,27H,2,9,14-15,19H2,1H3/b7-4+,10-8-,21-20+. The highest BCUT2D eigenvalue weighted by Crippen LogP contribution is 2.44. The van der Waals surface area contributed by atoms with Crippen molar-refractivity contribution < 1.29 is 0 Å². The third-order valence-electron chi connectivity index (χ3n) is 5.96. The molecule has 1 fully saturated rings. The fourth-order valence-electron chi connectivity index (χ4n) is 4.64. The smallest absolute Gasteiger partial charge is 0.106 e. The normalized spacial score (nSPS) is 35.6. The van der Waals surface area contributed by atoms with E-state index in [0.29, 0.717) is 17.9 Å². The zero-order valence-corrected chi connectivity index (χ0v) is 16.4. The van der Waals surface area contributed by atoms with E-state index in [-0.39, 0.29) is 5.92 Å². The van der Waals surface area contributed by atoms with Gasteiger partial charge in [-0.1, -0.05) is 79.3 Å². The Kier molecular flexibility index (Phi) is 6.54. The lowest BCUT2D eigenvalue weighted by Gasteiger charge is -2.51. The molecule has 5 unspecified atom stereocenters. The maximum atomic E-state index is 6.20. The summed E-state index contributed by atoms with van der Waals surface area (Å²) in [5.74, 6) is 4.36. The highest BCUT2D eigenvalue weighted by Gasteiger charge is 2.49. The first kappa shape index (κ1) is 19.5. The zero-order valence-electron chi connectivity index (χ0n) is 16.4. The Balaban J connectivity index is 1.99. The highest BCUT2D eigenvalue weighted by molar-refractivity contribution is 5.40. The van der Waals surface area contributed by atoms with Gasteiger partial charge >= 0.3 is 0 Å². The van der Waals surface area contributed by atoms with E-state index in [0.717, 1.165) is 25.7 Å². The molecule has 27 heavy (non-hydrogen) atoms. The van der Waals surface area contributed by atoms with Gasteiger partial charge < -0.3 is 0 Å². The Morgan fingerprint density at radius 3 is 2.81 bits per heavy atom. The van der Waals surface area contributed by atoms with Crippen LogP contribution in [0.5, 0.6) is 0 Å². The Morgan fingerprint density at radius 1 is 1.22 bits per heavy atom. The van der Waals surface area contributed by atoms with E-state index in [1.807, 2.05) is 25.2 Å². The van der Waals surface area contributed by atoms with Crippen LogP contribution in [0.3, 0.4) is 0 Å². The summed E-state index contributed by atoms with van der Waals surface area (Å²) in [6.45, 7) is 6.06. The third kappa shape index (κ3) is 4.18. The van der Waals surface area contributed by atoms with Gasteiger partial charge in [0, 0.05) is 12.0 Å². The van der Waals surface area contributed by atoms with Crippen molar-refractivity contribution in [2.45, 2.75) is 44.2 Å².